The number of aromatic nitrogens is 6. The van der Waals surface area contributed by atoms with Crippen LogP contribution in [0.25, 0.3) is 10.2 Å². The van der Waals surface area contributed by atoms with E-state index < -0.39 is 5.97 Å². The summed E-state index contributed by atoms with van der Waals surface area (Å²) in [7, 11) is 0. The number of tetrazole rings is 1. The molecule has 25 heavy (non-hydrogen) atoms. The van der Waals surface area contributed by atoms with Gasteiger partial charge < -0.3 is 10.5 Å². The predicted octanol–water partition coefficient (Wildman–Crippen LogP) is 2.03. The van der Waals surface area contributed by atoms with Crippen LogP contribution >= 0.6 is 11.3 Å². The molecule has 0 aliphatic carbocycles. The van der Waals surface area contributed by atoms with Crippen molar-refractivity contribution >= 4 is 33.2 Å². The minimum Gasteiger partial charge on any atom is -0.453 e. The fourth-order valence-corrected chi connectivity index (χ4v) is 3.57. The highest BCUT2D eigenvalue weighted by Crippen LogP contribution is 2.34. The zero-order valence-corrected chi connectivity index (χ0v) is 15.1. The summed E-state index contributed by atoms with van der Waals surface area (Å²) in [4.78, 5) is 22.1. The molecule has 2 N–H and O–H groups in total. The second-order valence-corrected chi connectivity index (χ2v) is 6.63. The van der Waals surface area contributed by atoms with Gasteiger partial charge in [-0.3, -0.25) is 0 Å². The highest BCUT2D eigenvalue weighted by molar-refractivity contribution is 7.21. The second-order valence-electron chi connectivity index (χ2n) is 5.63. The monoisotopic (exact) mass is 361 g/mol. The Morgan fingerprint density at radius 3 is 2.88 bits per heavy atom. The van der Waals surface area contributed by atoms with Crippen molar-refractivity contribution < 1.29 is 9.53 Å². The molecule has 10 heteroatoms. The first-order chi connectivity index (χ1) is 12.0. The number of thiophene rings is 1. The maximum atomic E-state index is 12.4. The Kier molecular flexibility index (Phi) is 4.88. The van der Waals surface area contributed by atoms with Crippen LogP contribution in [0.2, 0.25) is 0 Å². The van der Waals surface area contributed by atoms with Crippen molar-refractivity contribution in [2.75, 3.05) is 5.73 Å². The number of unbranched alkanes of at least 4 members (excludes halogenated alkanes) is 1. The Labute approximate surface area is 148 Å². The van der Waals surface area contributed by atoms with Crippen molar-refractivity contribution in [3.8, 4) is 0 Å². The number of hydrogen-bond donors (Lipinski definition) is 1. The third-order valence-electron chi connectivity index (χ3n) is 3.73. The maximum absolute atomic E-state index is 12.4. The van der Waals surface area contributed by atoms with Gasteiger partial charge in [0.1, 0.15) is 15.5 Å². The molecular weight excluding hydrogens is 342 g/mol. The molecular formula is C15H19N7O2S. The number of carbonyl (C=O) groups is 1. The van der Waals surface area contributed by atoms with Crippen molar-refractivity contribution in [2.24, 2.45) is 0 Å². The van der Waals surface area contributed by atoms with Gasteiger partial charge in [0.2, 0.25) is 0 Å². The standard InChI is InChI=1S/C15H19N7O2S/c1-4-5-6-22-10(19-20-21-22)7-24-15(23)13-12(16)11-8(2)17-9(3)18-14(11)25-13/h4-7,16H2,1-3H3. The minimum atomic E-state index is -0.511. The van der Waals surface area contributed by atoms with Crippen molar-refractivity contribution in [1.29, 1.82) is 0 Å². The van der Waals surface area contributed by atoms with Crippen LogP contribution < -0.4 is 5.73 Å². The smallest absolute Gasteiger partial charge is 0.350 e. The molecule has 0 saturated heterocycles. The Balaban J connectivity index is 1.78. The number of aryl methyl sites for hydroxylation is 3. The number of hydrogen-bond acceptors (Lipinski definition) is 9. The van der Waals surface area contributed by atoms with Gasteiger partial charge in [-0.1, -0.05) is 13.3 Å². The summed E-state index contributed by atoms with van der Waals surface area (Å²) in [6.07, 6.45) is 1.98. The number of esters is 1. The lowest BCUT2D eigenvalue weighted by atomic mass is 10.2. The lowest BCUT2D eigenvalue weighted by molar-refractivity contribution is 0.0463. The molecule has 132 valence electrons. The van der Waals surface area contributed by atoms with E-state index in [9.17, 15) is 4.79 Å². The van der Waals surface area contributed by atoms with Crippen LogP contribution in [-0.4, -0.2) is 36.1 Å². The van der Waals surface area contributed by atoms with E-state index in [1.165, 1.54) is 11.3 Å². The fraction of sp³-hybridized carbons (Fsp3) is 0.467. The highest BCUT2D eigenvalue weighted by Gasteiger charge is 2.21. The lowest BCUT2D eigenvalue weighted by Crippen LogP contribution is -2.11. The second kappa shape index (κ2) is 7.09. The van der Waals surface area contributed by atoms with Crippen LogP contribution in [-0.2, 0) is 17.9 Å². The summed E-state index contributed by atoms with van der Waals surface area (Å²) in [5, 5.41) is 12.1. The normalized spacial score (nSPS) is 11.2. The third kappa shape index (κ3) is 3.43. The molecule has 3 aromatic rings. The van der Waals surface area contributed by atoms with E-state index in [0.29, 0.717) is 39.0 Å². The Bertz CT molecular complexity index is 918. The Morgan fingerprint density at radius 2 is 2.12 bits per heavy atom. The van der Waals surface area contributed by atoms with Gasteiger partial charge in [0.05, 0.1) is 16.8 Å². The highest BCUT2D eigenvalue weighted by atomic mass is 32.1. The molecule has 0 unspecified atom stereocenters. The molecule has 3 aromatic heterocycles. The summed E-state index contributed by atoms with van der Waals surface area (Å²) in [6, 6.07) is 0. The van der Waals surface area contributed by atoms with E-state index in [2.05, 4.69) is 32.4 Å². The van der Waals surface area contributed by atoms with Crippen LogP contribution in [0, 0.1) is 13.8 Å². The van der Waals surface area contributed by atoms with Gasteiger partial charge in [0, 0.05) is 6.54 Å². The molecule has 9 nitrogen and oxygen atoms in total. The van der Waals surface area contributed by atoms with Gasteiger partial charge in [0.15, 0.2) is 12.4 Å². The van der Waals surface area contributed by atoms with Crippen LogP contribution in [0.3, 0.4) is 0 Å². The van der Waals surface area contributed by atoms with Gasteiger partial charge in [-0.25, -0.2) is 19.4 Å². The molecule has 0 saturated carbocycles. The van der Waals surface area contributed by atoms with E-state index in [-0.39, 0.29) is 6.61 Å². The zero-order chi connectivity index (χ0) is 18.0. The number of nitrogens with zero attached hydrogens (tertiary/aromatic N) is 6. The first kappa shape index (κ1) is 17.2. The summed E-state index contributed by atoms with van der Waals surface area (Å²) >= 11 is 1.21. The quantitative estimate of drug-likeness (QED) is 0.662. The van der Waals surface area contributed by atoms with Crippen LogP contribution in [0.4, 0.5) is 5.69 Å². The van der Waals surface area contributed by atoms with E-state index >= 15 is 0 Å². The van der Waals surface area contributed by atoms with Crippen molar-refractivity contribution in [3.63, 3.8) is 0 Å². The topological polar surface area (TPSA) is 122 Å². The van der Waals surface area contributed by atoms with Gasteiger partial charge in [-0.2, -0.15) is 0 Å². The van der Waals surface area contributed by atoms with Gasteiger partial charge in [0.25, 0.3) is 0 Å². The largest absolute Gasteiger partial charge is 0.453 e. The molecule has 0 spiro atoms. The number of rotatable bonds is 6. The first-order valence-electron chi connectivity index (χ1n) is 7.96. The summed E-state index contributed by atoms with van der Waals surface area (Å²) in [5.41, 5.74) is 7.22. The van der Waals surface area contributed by atoms with Crippen molar-refractivity contribution in [1.82, 2.24) is 30.2 Å². The molecule has 0 aliphatic heterocycles. The molecule has 3 rings (SSSR count). The van der Waals surface area contributed by atoms with Gasteiger partial charge >= 0.3 is 5.97 Å². The van der Waals surface area contributed by atoms with Crippen molar-refractivity contribution in [2.45, 2.75) is 46.8 Å². The van der Waals surface area contributed by atoms with Crippen molar-refractivity contribution in [3.05, 3.63) is 22.2 Å². The van der Waals surface area contributed by atoms with Crippen LogP contribution in [0.1, 0.15) is 46.8 Å². The molecule has 0 atom stereocenters. The number of fused-ring (bicyclic) bond motifs is 1. The average Bonchev–Trinajstić information content (AvgIpc) is 3.14. The number of nitrogen functional groups attached to an aromatic ring is 1. The SMILES string of the molecule is CCCCn1nnnc1COC(=O)c1sc2nc(C)nc(C)c2c1N. The first-order valence-corrected chi connectivity index (χ1v) is 8.78. The fourth-order valence-electron chi connectivity index (χ4n) is 2.49. The number of anilines is 1. The number of nitrogens with two attached hydrogens (primary N) is 1. The van der Waals surface area contributed by atoms with E-state index in [1.807, 2.05) is 6.92 Å². The van der Waals surface area contributed by atoms with Crippen LogP contribution in [0.15, 0.2) is 0 Å². The molecule has 0 radical (unpaired) electrons. The molecule has 3 heterocycles. The number of carbonyl (C=O) groups excluding carboxylic acids is 1. The lowest BCUT2D eigenvalue weighted by Gasteiger charge is -2.05. The van der Waals surface area contributed by atoms with Gasteiger partial charge in [-0.15, -0.1) is 16.4 Å². The molecule has 0 bridgehead atoms. The predicted molar refractivity (Wildman–Crippen MR) is 93.1 cm³/mol. The van der Waals surface area contributed by atoms with E-state index in [4.69, 9.17) is 10.5 Å². The molecule has 0 fully saturated rings. The summed E-state index contributed by atoms with van der Waals surface area (Å²) in [5.74, 6) is 0.636. The third-order valence-corrected chi connectivity index (χ3v) is 4.81. The van der Waals surface area contributed by atoms with E-state index in [0.717, 1.165) is 18.5 Å². The zero-order valence-electron chi connectivity index (χ0n) is 14.3. The Morgan fingerprint density at radius 1 is 1.32 bits per heavy atom. The maximum Gasteiger partial charge on any atom is 0.350 e. The van der Waals surface area contributed by atoms with Crippen LogP contribution in [0.5, 0.6) is 0 Å². The summed E-state index contributed by atoms with van der Waals surface area (Å²) in [6.45, 7) is 6.41. The average molecular weight is 361 g/mol. The molecule has 0 aromatic carbocycles. The summed E-state index contributed by atoms with van der Waals surface area (Å²) < 4.78 is 7.00. The Hall–Kier alpha value is -2.62. The minimum absolute atomic E-state index is 0.00702. The van der Waals surface area contributed by atoms with E-state index in [1.54, 1.807) is 11.6 Å². The molecule has 0 aliphatic rings. The number of ether oxygens (including phenoxy) is 1. The molecule has 0 amide bonds. The van der Waals surface area contributed by atoms with Gasteiger partial charge in [-0.05, 0) is 30.7 Å².